The smallest absolute Gasteiger partial charge is 0.0367 e. The molecule has 58 valence electrons. The molecule has 0 saturated heterocycles. The van der Waals surface area contributed by atoms with Crippen molar-refractivity contribution in [1.29, 1.82) is 0 Å². The maximum atomic E-state index is 5.97. The van der Waals surface area contributed by atoms with Crippen LogP contribution in [0.5, 0.6) is 0 Å². The van der Waals surface area contributed by atoms with Crippen molar-refractivity contribution in [3.63, 3.8) is 0 Å². The summed E-state index contributed by atoms with van der Waals surface area (Å²) in [6.07, 6.45) is 4.64. The van der Waals surface area contributed by atoms with Gasteiger partial charge in [-0.15, -0.1) is 0 Å². The molecule has 0 aromatic heterocycles. The molecule has 1 fully saturated rings. The lowest BCUT2D eigenvalue weighted by atomic mass is 10.0. The van der Waals surface area contributed by atoms with Gasteiger partial charge >= 0.3 is 0 Å². The summed E-state index contributed by atoms with van der Waals surface area (Å²) in [6, 6.07) is 0. The van der Waals surface area contributed by atoms with Gasteiger partial charge in [-0.2, -0.15) is 0 Å². The number of allylic oxidation sites excluding steroid dienone is 1. The first-order valence-corrected chi connectivity index (χ1v) is 4.02. The first-order chi connectivity index (χ1) is 4.54. The molecule has 0 spiro atoms. The minimum Gasteiger partial charge on any atom is -0.322 e. The van der Waals surface area contributed by atoms with Gasteiger partial charge in [0.25, 0.3) is 0 Å². The number of rotatable bonds is 2. The van der Waals surface area contributed by atoms with E-state index < -0.39 is 0 Å². The van der Waals surface area contributed by atoms with E-state index in [1.54, 1.807) is 0 Å². The normalized spacial score (nSPS) is 23.5. The molecule has 1 aliphatic carbocycles. The van der Waals surface area contributed by atoms with Crippen molar-refractivity contribution in [3.05, 3.63) is 11.6 Å². The molecule has 0 bridgehead atoms. The van der Waals surface area contributed by atoms with Gasteiger partial charge in [-0.1, -0.05) is 25.5 Å². The molecular formula is C9H17N. The van der Waals surface area contributed by atoms with Crippen LogP contribution in [0.3, 0.4) is 0 Å². The molecule has 0 aromatic carbocycles. The zero-order chi connectivity index (χ0) is 7.78. The minimum atomic E-state index is 0.101. The molecule has 1 aliphatic rings. The number of nitrogens with two attached hydrogens (primary N) is 1. The maximum absolute atomic E-state index is 5.97. The summed E-state index contributed by atoms with van der Waals surface area (Å²) in [5.41, 5.74) is 7.45. The van der Waals surface area contributed by atoms with Gasteiger partial charge in [0, 0.05) is 5.54 Å². The predicted molar refractivity (Wildman–Crippen MR) is 44.7 cm³/mol. The Hall–Kier alpha value is -0.300. The zero-order valence-corrected chi connectivity index (χ0v) is 7.15. The van der Waals surface area contributed by atoms with E-state index in [2.05, 4.69) is 26.8 Å². The second-order valence-electron chi connectivity index (χ2n) is 3.75. The van der Waals surface area contributed by atoms with Gasteiger partial charge in [-0.3, -0.25) is 0 Å². The Labute approximate surface area is 63.3 Å². The monoisotopic (exact) mass is 139 g/mol. The van der Waals surface area contributed by atoms with Crippen LogP contribution in [-0.2, 0) is 0 Å². The molecule has 1 heteroatoms. The molecule has 1 saturated carbocycles. The molecule has 1 rings (SSSR count). The topological polar surface area (TPSA) is 26.0 Å². The first kappa shape index (κ1) is 7.80. The molecule has 0 aliphatic heterocycles. The van der Waals surface area contributed by atoms with Crippen LogP contribution in [0, 0.1) is 5.92 Å². The highest BCUT2D eigenvalue weighted by Crippen LogP contribution is 2.39. The maximum Gasteiger partial charge on any atom is 0.0367 e. The average molecular weight is 139 g/mol. The van der Waals surface area contributed by atoms with Crippen LogP contribution < -0.4 is 5.73 Å². The van der Waals surface area contributed by atoms with E-state index in [1.807, 2.05) is 0 Å². The summed E-state index contributed by atoms with van der Waals surface area (Å²) in [6.45, 7) is 6.53. The molecule has 2 N–H and O–H groups in total. The highest BCUT2D eigenvalue weighted by atomic mass is 14.8. The summed E-state index contributed by atoms with van der Waals surface area (Å²) in [5.74, 6) is 0.640. The lowest BCUT2D eigenvalue weighted by molar-refractivity contribution is 0.747. The Morgan fingerprint density at radius 2 is 2.00 bits per heavy atom. The predicted octanol–water partition coefficient (Wildman–Crippen LogP) is 2.08. The molecule has 0 amide bonds. The van der Waals surface area contributed by atoms with Crippen molar-refractivity contribution in [2.45, 2.75) is 39.2 Å². The van der Waals surface area contributed by atoms with Crippen LogP contribution >= 0.6 is 0 Å². The van der Waals surface area contributed by atoms with Crippen molar-refractivity contribution in [3.8, 4) is 0 Å². The van der Waals surface area contributed by atoms with Gasteiger partial charge in [0.15, 0.2) is 0 Å². The highest BCUT2D eigenvalue weighted by molar-refractivity contribution is 5.25. The number of hydrogen-bond acceptors (Lipinski definition) is 1. The fourth-order valence-electron chi connectivity index (χ4n) is 1.19. The summed E-state index contributed by atoms with van der Waals surface area (Å²) < 4.78 is 0. The van der Waals surface area contributed by atoms with Gasteiger partial charge < -0.3 is 5.73 Å². The van der Waals surface area contributed by atoms with Crippen LogP contribution in [0.4, 0.5) is 0 Å². The Morgan fingerprint density at radius 1 is 1.50 bits per heavy atom. The SMILES string of the molecule is C/C(=C/C(C)C)C1(N)CC1. The molecule has 0 radical (unpaired) electrons. The highest BCUT2D eigenvalue weighted by Gasteiger charge is 2.39. The summed E-state index contributed by atoms with van der Waals surface area (Å²) in [4.78, 5) is 0. The van der Waals surface area contributed by atoms with Crippen molar-refractivity contribution in [2.75, 3.05) is 0 Å². The van der Waals surface area contributed by atoms with Gasteiger partial charge in [0.05, 0.1) is 0 Å². The zero-order valence-electron chi connectivity index (χ0n) is 7.15. The van der Waals surface area contributed by atoms with Gasteiger partial charge in [-0.25, -0.2) is 0 Å². The molecule has 0 heterocycles. The van der Waals surface area contributed by atoms with Crippen LogP contribution in [0.15, 0.2) is 11.6 Å². The molecule has 10 heavy (non-hydrogen) atoms. The van der Waals surface area contributed by atoms with Gasteiger partial charge in [-0.05, 0) is 25.7 Å². The Morgan fingerprint density at radius 3 is 2.30 bits per heavy atom. The van der Waals surface area contributed by atoms with E-state index in [4.69, 9.17) is 5.73 Å². The van der Waals surface area contributed by atoms with E-state index >= 15 is 0 Å². The van der Waals surface area contributed by atoms with E-state index in [-0.39, 0.29) is 5.54 Å². The Bertz CT molecular complexity index is 152. The molecule has 1 nitrogen and oxygen atoms in total. The van der Waals surface area contributed by atoms with E-state index in [0.29, 0.717) is 5.92 Å². The standard InChI is InChI=1S/C9H17N/c1-7(2)6-8(3)9(10)4-5-9/h6-7H,4-5,10H2,1-3H3/b8-6-. The molecular weight excluding hydrogens is 122 g/mol. The van der Waals surface area contributed by atoms with Crippen molar-refractivity contribution < 1.29 is 0 Å². The lowest BCUT2D eigenvalue weighted by Crippen LogP contribution is -2.23. The third-order valence-electron chi connectivity index (χ3n) is 2.16. The third-order valence-corrected chi connectivity index (χ3v) is 2.16. The van der Waals surface area contributed by atoms with E-state index in [1.165, 1.54) is 18.4 Å². The van der Waals surface area contributed by atoms with E-state index in [0.717, 1.165) is 0 Å². The average Bonchev–Trinajstić information content (AvgIpc) is 2.47. The summed E-state index contributed by atoms with van der Waals surface area (Å²) in [7, 11) is 0. The van der Waals surface area contributed by atoms with Crippen molar-refractivity contribution >= 4 is 0 Å². The second-order valence-corrected chi connectivity index (χ2v) is 3.75. The van der Waals surface area contributed by atoms with Crippen LogP contribution in [0.1, 0.15) is 33.6 Å². The van der Waals surface area contributed by atoms with Gasteiger partial charge in [0.2, 0.25) is 0 Å². The van der Waals surface area contributed by atoms with Gasteiger partial charge in [0.1, 0.15) is 0 Å². The summed E-state index contributed by atoms with van der Waals surface area (Å²) >= 11 is 0. The van der Waals surface area contributed by atoms with Crippen molar-refractivity contribution in [1.82, 2.24) is 0 Å². The van der Waals surface area contributed by atoms with E-state index in [9.17, 15) is 0 Å². The first-order valence-electron chi connectivity index (χ1n) is 4.02. The fourth-order valence-corrected chi connectivity index (χ4v) is 1.19. The van der Waals surface area contributed by atoms with Crippen molar-refractivity contribution in [2.24, 2.45) is 11.7 Å². The number of hydrogen-bond donors (Lipinski definition) is 1. The second kappa shape index (κ2) is 2.39. The Kier molecular flexibility index (Phi) is 1.86. The largest absolute Gasteiger partial charge is 0.322 e. The lowest BCUT2D eigenvalue weighted by Gasteiger charge is -2.09. The van der Waals surface area contributed by atoms with Crippen LogP contribution in [0.2, 0.25) is 0 Å². The molecule has 0 aromatic rings. The third kappa shape index (κ3) is 1.60. The summed E-state index contributed by atoms with van der Waals surface area (Å²) in [5, 5.41) is 0. The molecule has 0 atom stereocenters. The Balaban J connectivity index is 2.55. The van der Waals surface area contributed by atoms with Crippen LogP contribution in [0.25, 0.3) is 0 Å². The quantitative estimate of drug-likeness (QED) is 0.582. The molecule has 0 unspecified atom stereocenters. The fraction of sp³-hybridized carbons (Fsp3) is 0.778. The van der Waals surface area contributed by atoms with Crippen LogP contribution in [-0.4, -0.2) is 5.54 Å². The minimum absolute atomic E-state index is 0.101.